The molecule has 10 aromatic rings. The van der Waals surface area contributed by atoms with Gasteiger partial charge in [0.25, 0.3) is 0 Å². The van der Waals surface area contributed by atoms with Gasteiger partial charge in [0.15, 0.2) is 13.9 Å². The summed E-state index contributed by atoms with van der Waals surface area (Å²) < 4.78 is 263. The van der Waals surface area contributed by atoms with E-state index in [2.05, 4.69) is 9.98 Å². The van der Waals surface area contributed by atoms with E-state index in [-0.39, 0.29) is 5.19 Å². The third kappa shape index (κ3) is 5.74. The highest BCUT2D eigenvalue weighted by Crippen LogP contribution is 2.30. The number of para-hydroxylation sites is 4. The van der Waals surface area contributed by atoms with Crippen molar-refractivity contribution in [1.29, 1.82) is 5.41 Å². The second-order valence-corrected chi connectivity index (χ2v) is 15.7. The van der Waals surface area contributed by atoms with Gasteiger partial charge in [0.05, 0.1) is 61.8 Å². The summed E-state index contributed by atoms with van der Waals surface area (Å²) in [6.07, 6.45) is 0.665. The summed E-state index contributed by atoms with van der Waals surface area (Å²) in [6.45, 7) is 0. The van der Waals surface area contributed by atoms with Gasteiger partial charge in [-0.1, -0.05) is 187 Å². The molecule has 270 valence electrons. The third-order valence-corrected chi connectivity index (χ3v) is 13.3. The molecular formula is C51H37N5Si. The Kier molecular flexibility index (Phi) is 3.84. The Hall–Kier alpha value is -7.41. The van der Waals surface area contributed by atoms with Crippen LogP contribution in [0.5, 0.6) is 0 Å². The first-order chi connectivity index (χ1) is 40.2. The van der Waals surface area contributed by atoms with E-state index in [1.165, 1.54) is 30.3 Å². The Balaban J connectivity index is 1.43. The summed E-state index contributed by atoms with van der Waals surface area (Å²) in [5.41, 5.74) is -3.54. The number of benzene rings is 8. The average molecular weight is 777 g/mol. The zero-order valence-corrected chi connectivity index (χ0v) is 29.8. The van der Waals surface area contributed by atoms with Crippen LogP contribution in [0.3, 0.4) is 0 Å². The Bertz CT molecular complexity index is 4660. The van der Waals surface area contributed by atoms with E-state index in [1.54, 1.807) is 0 Å². The minimum Gasteiger partial charge on any atom is -0.300 e. The highest BCUT2D eigenvalue weighted by Gasteiger charge is 2.41. The summed E-state index contributed by atoms with van der Waals surface area (Å²) in [5, 5.41) is 5.75. The maximum absolute atomic E-state index is 10.2. The van der Waals surface area contributed by atoms with Crippen LogP contribution in [0.4, 0.5) is 0 Å². The van der Waals surface area contributed by atoms with Crippen molar-refractivity contribution in [3.63, 3.8) is 0 Å². The summed E-state index contributed by atoms with van der Waals surface area (Å²) >= 11 is 0. The van der Waals surface area contributed by atoms with Gasteiger partial charge in [-0.25, -0.2) is 4.99 Å². The summed E-state index contributed by atoms with van der Waals surface area (Å²) in [6, 6.07) is -18.6. The largest absolute Gasteiger partial charge is 0.300 e. The number of amidine groups is 1. The molecule has 1 N–H and O–H groups in total. The number of hydrogen-bond acceptors (Lipinski definition) is 1. The number of aromatic nitrogens is 2. The van der Waals surface area contributed by atoms with Crippen molar-refractivity contribution in [3.05, 3.63) is 217 Å². The van der Waals surface area contributed by atoms with Crippen LogP contribution in [0, 0.1) is 5.41 Å². The van der Waals surface area contributed by atoms with Crippen LogP contribution in [0.1, 0.15) is 45.3 Å². The molecular weight excluding hydrogens is 711 g/mol. The van der Waals surface area contributed by atoms with Crippen LogP contribution in [0.15, 0.2) is 222 Å². The lowest BCUT2D eigenvalue weighted by molar-refractivity contribution is 1.21. The van der Waals surface area contributed by atoms with Gasteiger partial charge in [0.2, 0.25) is 5.96 Å². The Morgan fingerprint density at radius 2 is 1.00 bits per heavy atom. The van der Waals surface area contributed by atoms with Crippen molar-refractivity contribution in [2.75, 3.05) is 0 Å². The van der Waals surface area contributed by atoms with Crippen molar-refractivity contribution < 1.29 is 39.8 Å². The standard InChI is InChI=1S/C51H37N5Si/c52-50(37-19-18-26-41(35-37)57(38-20-4-1-5-21-38,39-22-6-2-7-23-39)40-24-8-3-9-25-40)54-51(56-48-33-16-12-29-44(48)45-30-13-17-34-49(45)56)53-36-55-46-31-14-10-27-42(46)43-28-11-15-32-47(43)55/h1-36,52H/i1D,2D,4D,5D,6D,7D,10D,11D,12D,13D,14D,15D,16D,17D,18D,19D,20D,21D,22D,26D,27D,28D,29D,30D,31D,32D,33D,34D,35D. The summed E-state index contributed by atoms with van der Waals surface area (Å²) in [7, 11) is -5.45. The van der Waals surface area contributed by atoms with E-state index < -0.39 is 260 Å². The lowest BCUT2D eigenvalue weighted by atomic mass is 10.2. The molecule has 2 heterocycles. The molecule has 0 saturated carbocycles. The highest BCUT2D eigenvalue weighted by atomic mass is 28.3. The van der Waals surface area contributed by atoms with Gasteiger partial charge in [-0.2, -0.15) is 4.99 Å². The molecule has 10 rings (SSSR count). The van der Waals surface area contributed by atoms with Crippen molar-refractivity contribution in [1.82, 2.24) is 9.13 Å². The SMILES string of the molecule is [2H]c1cc([Si](c2ccccc2)(c2c([2H])c([2H])c([2H])c([2H])c2[2H])c2c([2H])c([2H])c([2H])c(C(=N)N=C(N=Cn3c4c([2H])c([2H])c([2H])c([2H])c4c4c([2H])c([2H])c([2H])c([2H])c43)n3c4c([2H])c([2H])c([2H])c([2H])c4c4c([2H])c([2H])c([2H])c([2H])c43)c2[2H])c([2H])c([2H])c1[2H]. The zero-order valence-electron chi connectivity index (χ0n) is 57.8. The van der Waals surface area contributed by atoms with Gasteiger partial charge in [-0.3, -0.25) is 14.5 Å². The number of fused-ring (bicyclic) bond motifs is 6. The predicted octanol–water partition coefficient (Wildman–Crippen LogP) is 9.09. The molecule has 2 aromatic heterocycles. The fourth-order valence-corrected chi connectivity index (χ4v) is 10.7. The fraction of sp³-hybridized carbons (Fsp3) is 0. The van der Waals surface area contributed by atoms with Crippen molar-refractivity contribution in [3.8, 4) is 0 Å². The fourth-order valence-electron chi connectivity index (χ4n) is 6.68. The molecule has 0 aliphatic heterocycles. The number of hydrogen-bond donors (Lipinski definition) is 1. The van der Waals surface area contributed by atoms with Crippen LogP contribution in [-0.2, 0) is 0 Å². The minimum atomic E-state index is -5.45. The molecule has 0 radical (unpaired) electrons. The maximum Gasteiger partial charge on any atom is 0.238 e. The maximum atomic E-state index is 10.2. The third-order valence-electron chi connectivity index (χ3n) is 9.07. The van der Waals surface area contributed by atoms with E-state index >= 15 is 0 Å². The number of nitrogens with one attached hydrogen (secondary N) is 1. The Morgan fingerprint density at radius 1 is 0.491 bits per heavy atom. The predicted molar refractivity (Wildman–Crippen MR) is 242 cm³/mol. The molecule has 5 nitrogen and oxygen atoms in total. The molecule has 1 unspecified atom stereocenters. The normalized spacial score (nSPS) is 20.3. The van der Waals surface area contributed by atoms with Crippen LogP contribution >= 0.6 is 0 Å². The van der Waals surface area contributed by atoms with Gasteiger partial charge >= 0.3 is 0 Å². The summed E-state index contributed by atoms with van der Waals surface area (Å²) in [5.74, 6) is -2.46. The molecule has 0 bridgehead atoms. The Labute approximate surface area is 372 Å². The average Bonchev–Trinajstić information content (AvgIpc) is 2.95. The van der Waals surface area contributed by atoms with Gasteiger partial charge in [-0.05, 0) is 44.9 Å². The molecule has 8 aromatic carbocycles. The molecule has 57 heavy (non-hydrogen) atoms. The molecule has 0 spiro atoms. The smallest absolute Gasteiger partial charge is 0.238 e. The first kappa shape index (κ1) is 15.3. The number of rotatable bonds is 6. The van der Waals surface area contributed by atoms with Crippen LogP contribution in [0.25, 0.3) is 43.6 Å². The monoisotopic (exact) mass is 776 g/mol. The quantitative estimate of drug-likeness (QED) is 0.0759. The zero-order chi connectivity index (χ0) is 63.4. The molecule has 0 saturated heterocycles. The van der Waals surface area contributed by atoms with Crippen molar-refractivity contribution >= 4 is 90.6 Å². The van der Waals surface area contributed by atoms with Crippen molar-refractivity contribution in [2.45, 2.75) is 0 Å². The van der Waals surface area contributed by atoms with E-state index in [9.17, 15) is 17.7 Å². The second-order valence-electron chi connectivity index (χ2n) is 12.0. The second kappa shape index (κ2) is 14.3. The molecule has 0 fully saturated rings. The molecule has 1 atom stereocenters. The van der Waals surface area contributed by atoms with E-state index in [0.29, 0.717) is 10.9 Å². The topological polar surface area (TPSA) is 58.4 Å². The summed E-state index contributed by atoms with van der Waals surface area (Å²) in [4.78, 5) is 8.88. The molecule has 0 aliphatic carbocycles. The van der Waals surface area contributed by atoms with Crippen LogP contribution in [0.2, 0.25) is 0 Å². The van der Waals surface area contributed by atoms with Crippen molar-refractivity contribution in [2.24, 2.45) is 9.98 Å². The van der Waals surface area contributed by atoms with Gasteiger partial charge < -0.3 is 0 Å². The highest BCUT2D eigenvalue weighted by molar-refractivity contribution is 7.19. The van der Waals surface area contributed by atoms with E-state index in [0.717, 1.165) is 10.6 Å². The van der Waals surface area contributed by atoms with Crippen LogP contribution < -0.4 is 20.7 Å². The van der Waals surface area contributed by atoms with Gasteiger partial charge in [0, 0.05) is 27.1 Å². The van der Waals surface area contributed by atoms with Crippen LogP contribution in [-0.4, -0.2) is 35.3 Å². The van der Waals surface area contributed by atoms with Gasteiger partial charge in [0.1, 0.15) is 6.34 Å². The molecule has 0 amide bonds. The molecule has 0 aliphatic rings. The van der Waals surface area contributed by atoms with E-state index in [1.807, 2.05) is 0 Å². The first-order valence-electron chi connectivity index (χ1n) is 31.3. The first-order valence-corrected chi connectivity index (χ1v) is 18.8. The Morgan fingerprint density at radius 3 is 1.63 bits per heavy atom. The number of nitrogens with zero attached hydrogens (tertiary/aromatic N) is 4. The molecule has 6 heteroatoms. The lowest BCUT2D eigenvalue weighted by Crippen LogP contribution is -2.74. The lowest BCUT2D eigenvalue weighted by Gasteiger charge is -2.34. The van der Waals surface area contributed by atoms with E-state index in [4.69, 9.17) is 27.4 Å². The number of aliphatic imine (C=N–C) groups is 2. The van der Waals surface area contributed by atoms with Gasteiger partial charge in [-0.15, -0.1) is 0 Å². The minimum absolute atomic E-state index is 0.107.